The number of aromatic amines is 2. The van der Waals surface area contributed by atoms with Crippen LogP contribution in [0.15, 0.2) is 55.3 Å². The Morgan fingerprint density at radius 1 is 0.973 bits per heavy atom. The Morgan fingerprint density at radius 3 is 2.59 bits per heavy atom. The molecule has 0 aliphatic carbocycles. The molecule has 1 saturated heterocycles. The molecule has 1 fully saturated rings. The number of pyridine rings is 3. The number of hydrogen-bond donors (Lipinski definition) is 3. The van der Waals surface area contributed by atoms with Crippen LogP contribution in [-0.4, -0.2) is 73.2 Å². The minimum atomic E-state index is 0.322. The summed E-state index contributed by atoms with van der Waals surface area (Å²) in [5.41, 5.74) is 8.61. The van der Waals surface area contributed by atoms with Crippen molar-refractivity contribution in [3.8, 4) is 22.8 Å². The van der Waals surface area contributed by atoms with E-state index < -0.39 is 0 Å². The lowest BCUT2D eigenvalue weighted by Gasteiger charge is -2.33. The van der Waals surface area contributed by atoms with E-state index >= 15 is 0 Å². The monoisotopic (exact) mass is 494 g/mol. The zero-order valence-corrected chi connectivity index (χ0v) is 21.3. The summed E-state index contributed by atoms with van der Waals surface area (Å²) in [6.45, 7) is 12.2. The van der Waals surface area contributed by atoms with Crippen LogP contribution < -0.4 is 10.2 Å². The number of anilines is 2. The summed E-state index contributed by atoms with van der Waals surface area (Å²) >= 11 is 0. The third-order valence-corrected chi connectivity index (χ3v) is 6.89. The van der Waals surface area contributed by atoms with Gasteiger partial charge in [-0.05, 0) is 31.2 Å². The highest BCUT2D eigenvalue weighted by atomic mass is 15.3. The Hall–Kier alpha value is -4.31. The molecule has 5 aromatic heterocycles. The normalized spacial score (nSPS) is 14.6. The van der Waals surface area contributed by atoms with E-state index in [9.17, 15) is 0 Å². The summed E-state index contributed by atoms with van der Waals surface area (Å²) < 4.78 is 0. The van der Waals surface area contributed by atoms with Gasteiger partial charge >= 0.3 is 0 Å². The molecule has 0 bridgehead atoms. The Balaban J connectivity index is 1.36. The zero-order valence-electron chi connectivity index (χ0n) is 21.3. The molecule has 1 aliphatic rings. The smallest absolute Gasteiger partial charge is 0.161 e. The van der Waals surface area contributed by atoms with Gasteiger partial charge in [-0.25, -0.2) is 9.97 Å². The highest BCUT2D eigenvalue weighted by Crippen LogP contribution is 2.31. The van der Waals surface area contributed by atoms with Gasteiger partial charge in [-0.15, -0.1) is 0 Å². The molecule has 0 aromatic carbocycles. The van der Waals surface area contributed by atoms with Gasteiger partial charge in [-0.3, -0.25) is 15.1 Å². The molecule has 0 radical (unpaired) electrons. The number of aromatic nitrogens is 7. The number of H-pyrrole nitrogens is 2. The maximum Gasteiger partial charge on any atom is 0.161 e. The Labute approximate surface area is 214 Å². The van der Waals surface area contributed by atoms with Crippen LogP contribution in [0.3, 0.4) is 0 Å². The predicted molar refractivity (Wildman–Crippen MR) is 147 cm³/mol. The molecule has 37 heavy (non-hydrogen) atoms. The molecule has 0 spiro atoms. The van der Waals surface area contributed by atoms with Crippen molar-refractivity contribution in [3.63, 3.8) is 0 Å². The predicted octanol–water partition coefficient (Wildman–Crippen LogP) is 4.29. The van der Waals surface area contributed by atoms with E-state index in [1.54, 1.807) is 6.20 Å². The van der Waals surface area contributed by atoms with Gasteiger partial charge in [-0.1, -0.05) is 20.4 Å². The second-order valence-corrected chi connectivity index (χ2v) is 9.86. The van der Waals surface area contributed by atoms with Crippen LogP contribution in [0.2, 0.25) is 0 Å². The largest absolute Gasteiger partial charge is 0.366 e. The van der Waals surface area contributed by atoms with E-state index in [0.717, 1.165) is 76.6 Å². The molecule has 0 amide bonds. The van der Waals surface area contributed by atoms with Gasteiger partial charge in [-0.2, -0.15) is 5.10 Å². The molecule has 5 aromatic rings. The fourth-order valence-electron chi connectivity index (χ4n) is 4.51. The highest BCUT2D eigenvalue weighted by Gasteiger charge is 2.21. The summed E-state index contributed by atoms with van der Waals surface area (Å²) in [5.74, 6) is 0.985. The van der Waals surface area contributed by atoms with Crippen LogP contribution >= 0.6 is 0 Å². The van der Waals surface area contributed by atoms with Crippen LogP contribution in [0, 0.1) is 5.92 Å². The molecule has 0 unspecified atom stereocenters. The average Bonchev–Trinajstić information content (AvgIpc) is 3.53. The lowest BCUT2D eigenvalue weighted by Crippen LogP contribution is -2.44. The van der Waals surface area contributed by atoms with Crippen LogP contribution in [0.25, 0.3) is 44.8 Å². The molecule has 6 heterocycles. The molecule has 188 valence electrons. The quantitative estimate of drug-likeness (QED) is 0.320. The number of hydrogen-bond acceptors (Lipinski definition) is 8. The van der Waals surface area contributed by atoms with E-state index in [1.165, 1.54) is 0 Å². The third kappa shape index (κ3) is 4.40. The Bertz CT molecular complexity index is 1590. The van der Waals surface area contributed by atoms with E-state index in [0.29, 0.717) is 17.4 Å². The molecule has 10 heteroatoms. The minimum absolute atomic E-state index is 0.322. The van der Waals surface area contributed by atoms with Gasteiger partial charge in [0.1, 0.15) is 11.0 Å². The minimum Gasteiger partial charge on any atom is -0.366 e. The first-order valence-corrected chi connectivity index (χ1v) is 12.5. The van der Waals surface area contributed by atoms with Gasteiger partial charge < -0.3 is 20.1 Å². The van der Waals surface area contributed by atoms with Gasteiger partial charge in [0.05, 0.1) is 46.7 Å². The van der Waals surface area contributed by atoms with E-state index in [4.69, 9.17) is 9.97 Å². The average molecular weight is 495 g/mol. The molecule has 0 saturated carbocycles. The number of rotatable bonds is 6. The molecule has 1 aliphatic heterocycles. The second-order valence-electron chi connectivity index (χ2n) is 9.86. The van der Waals surface area contributed by atoms with Crippen molar-refractivity contribution in [1.29, 1.82) is 0 Å². The number of allylic oxidation sites excluding steroid dienone is 1. The van der Waals surface area contributed by atoms with Crippen LogP contribution in [-0.2, 0) is 0 Å². The first-order chi connectivity index (χ1) is 18.0. The molecule has 0 atom stereocenters. The van der Waals surface area contributed by atoms with Crippen molar-refractivity contribution in [2.75, 3.05) is 43.4 Å². The number of piperazine rings is 1. The summed E-state index contributed by atoms with van der Waals surface area (Å²) in [4.78, 5) is 26.9. The lowest BCUT2D eigenvalue weighted by atomic mass is 10.1. The zero-order chi connectivity index (χ0) is 25.5. The molecule has 10 nitrogen and oxygen atoms in total. The standard InChI is InChI=1S/C27H30N10/c1-16(2)17(3)30-19-11-18(12-28-13-19)20-5-6-21-25(31-20)26(35-34-21)27-32-22-14-29-15-23(24(22)33-27)37-9-7-36(4)8-10-37/h5-6,11-16,30H,3,7-10H2,1-2,4H3,(H,32,33)(H,34,35). The van der Waals surface area contributed by atoms with Crippen molar-refractivity contribution < 1.29 is 0 Å². The van der Waals surface area contributed by atoms with Crippen molar-refractivity contribution in [3.05, 3.63) is 55.3 Å². The van der Waals surface area contributed by atoms with E-state index in [1.807, 2.05) is 36.8 Å². The fourth-order valence-corrected chi connectivity index (χ4v) is 4.51. The number of imidazole rings is 1. The first-order valence-electron chi connectivity index (χ1n) is 12.5. The highest BCUT2D eigenvalue weighted by molar-refractivity contribution is 5.94. The van der Waals surface area contributed by atoms with Crippen molar-refractivity contribution >= 4 is 33.4 Å². The van der Waals surface area contributed by atoms with Crippen molar-refractivity contribution in [1.82, 2.24) is 40.0 Å². The summed E-state index contributed by atoms with van der Waals surface area (Å²) in [6.07, 6.45) is 7.32. The topological polar surface area (TPSA) is 115 Å². The lowest BCUT2D eigenvalue weighted by molar-refractivity contribution is 0.313. The van der Waals surface area contributed by atoms with E-state index in [2.05, 4.69) is 67.7 Å². The molecular weight excluding hydrogens is 464 g/mol. The number of nitrogens with one attached hydrogen (secondary N) is 3. The summed E-state index contributed by atoms with van der Waals surface area (Å²) in [6, 6.07) is 5.99. The van der Waals surface area contributed by atoms with Crippen molar-refractivity contribution in [2.24, 2.45) is 5.92 Å². The van der Waals surface area contributed by atoms with Gasteiger partial charge in [0.25, 0.3) is 0 Å². The number of likely N-dealkylation sites (N-methyl/N-ethyl adjacent to an activating group) is 1. The van der Waals surface area contributed by atoms with Crippen LogP contribution in [0.1, 0.15) is 13.8 Å². The molecule has 3 N–H and O–H groups in total. The van der Waals surface area contributed by atoms with Gasteiger partial charge in [0.2, 0.25) is 0 Å². The fraction of sp³-hybridized carbons (Fsp3) is 0.296. The second kappa shape index (κ2) is 9.29. The number of fused-ring (bicyclic) bond motifs is 2. The van der Waals surface area contributed by atoms with E-state index in [-0.39, 0.29) is 0 Å². The van der Waals surface area contributed by atoms with Crippen molar-refractivity contribution in [2.45, 2.75) is 13.8 Å². The maximum atomic E-state index is 4.96. The third-order valence-electron chi connectivity index (χ3n) is 6.89. The van der Waals surface area contributed by atoms with Crippen LogP contribution in [0.4, 0.5) is 11.4 Å². The van der Waals surface area contributed by atoms with Gasteiger partial charge in [0, 0.05) is 43.6 Å². The Kier molecular flexibility index (Phi) is 5.80. The number of nitrogens with zero attached hydrogens (tertiary/aromatic N) is 7. The van der Waals surface area contributed by atoms with Gasteiger partial charge in [0.15, 0.2) is 11.5 Å². The van der Waals surface area contributed by atoms with Crippen LogP contribution in [0.5, 0.6) is 0 Å². The Morgan fingerprint density at radius 2 is 1.78 bits per heavy atom. The maximum absolute atomic E-state index is 4.96. The summed E-state index contributed by atoms with van der Waals surface area (Å²) in [5, 5.41) is 11.0. The summed E-state index contributed by atoms with van der Waals surface area (Å²) in [7, 11) is 2.15. The first kappa shape index (κ1) is 23.1. The molecular formula is C27H30N10. The SMILES string of the molecule is C=C(Nc1cncc(-c2ccc3[nH]nc(-c4nc5c(N6CCN(C)CC6)cncc5[nH]4)c3n2)c1)C(C)C. The molecule has 6 rings (SSSR count).